The van der Waals surface area contributed by atoms with Gasteiger partial charge in [0.25, 0.3) is 12.4 Å². The Kier molecular flexibility index (Phi) is 6.72. The van der Waals surface area contributed by atoms with Crippen molar-refractivity contribution in [1.82, 2.24) is 4.90 Å². The lowest BCUT2D eigenvalue weighted by Crippen LogP contribution is -2.36. The summed E-state index contributed by atoms with van der Waals surface area (Å²) in [5.41, 5.74) is 3.72. The molecule has 0 saturated carbocycles. The van der Waals surface area contributed by atoms with Crippen molar-refractivity contribution in [1.29, 1.82) is 0 Å². The highest BCUT2D eigenvalue weighted by molar-refractivity contribution is 5.96. The summed E-state index contributed by atoms with van der Waals surface area (Å²) in [5, 5.41) is 0.907. The Bertz CT molecular complexity index is 1050. The number of rotatable bonds is 7. The Morgan fingerprint density at radius 2 is 2.17 bits per heavy atom. The average molecular weight is 405 g/mol. The molecule has 0 aliphatic carbocycles. The van der Waals surface area contributed by atoms with E-state index in [1.807, 2.05) is 57.2 Å². The minimum atomic E-state index is -0.236. The predicted octanol–water partition coefficient (Wildman–Crippen LogP) is 5.48. The molecule has 1 unspecified atom stereocenters. The summed E-state index contributed by atoms with van der Waals surface area (Å²) in [6.45, 7) is 10.6. The number of fused-ring (bicyclic) bond motifs is 1. The lowest BCUT2D eigenvalue weighted by molar-refractivity contribution is -0.125. The van der Waals surface area contributed by atoms with E-state index >= 15 is 0 Å². The lowest BCUT2D eigenvalue weighted by Gasteiger charge is -2.25. The van der Waals surface area contributed by atoms with Crippen molar-refractivity contribution < 1.29 is 18.7 Å². The van der Waals surface area contributed by atoms with Gasteiger partial charge < -0.3 is 14.1 Å². The number of ether oxygens (including phenoxy) is 1. The first kappa shape index (κ1) is 21.4. The van der Waals surface area contributed by atoms with Crippen LogP contribution in [0.5, 0.6) is 0 Å². The van der Waals surface area contributed by atoms with Crippen LogP contribution in [0.25, 0.3) is 11.0 Å². The van der Waals surface area contributed by atoms with Gasteiger partial charge in [-0.2, -0.15) is 0 Å². The standard InChI is InChI=1S/C25H27NO4/c1-5-7-18(4)23(29-16-27)15-21-19(8-6-2)11-12-26(21)25(28)24-14-20-13-17(3)9-10-22(20)30-24/h5-10,13-14,16,21H,2,11-12,15H2,1,3-4H3/b7-5-,19-8+,23-18-. The van der Waals surface area contributed by atoms with Crippen molar-refractivity contribution in [2.24, 2.45) is 0 Å². The molecule has 1 aromatic carbocycles. The van der Waals surface area contributed by atoms with Gasteiger partial charge in [0.2, 0.25) is 0 Å². The zero-order valence-corrected chi connectivity index (χ0v) is 17.7. The first-order valence-corrected chi connectivity index (χ1v) is 10.0. The SMILES string of the molecule is C=C/C=C1\CCN(C(=O)c2cc3cc(C)ccc3o2)C1C/C(OC=O)=C(C)/C=C\C. The number of hydrogen-bond acceptors (Lipinski definition) is 4. The highest BCUT2D eigenvalue weighted by atomic mass is 16.5. The van der Waals surface area contributed by atoms with E-state index in [1.165, 1.54) is 0 Å². The number of nitrogens with zero attached hydrogens (tertiary/aromatic N) is 1. The molecule has 0 bridgehead atoms. The van der Waals surface area contributed by atoms with Gasteiger partial charge in [-0.15, -0.1) is 0 Å². The van der Waals surface area contributed by atoms with Crippen LogP contribution in [0.3, 0.4) is 0 Å². The van der Waals surface area contributed by atoms with Crippen LogP contribution in [0.4, 0.5) is 0 Å². The summed E-state index contributed by atoms with van der Waals surface area (Å²) in [5.74, 6) is 0.686. The number of amides is 1. The predicted molar refractivity (Wildman–Crippen MR) is 118 cm³/mol. The molecule has 1 atom stereocenters. The highest BCUT2D eigenvalue weighted by Crippen LogP contribution is 2.32. The largest absolute Gasteiger partial charge is 0.451 e. The Balaban J connectivity index is 1.95. The second-order valence-corrected chi connectivity index (χ2v) is 7.42. The lowest BCUT2D eigenvalue weighted by atomic mass is 10.0. The smallest absolute Gasteiger partial charge is 0.298 e. The maximum atomic E-state index is 13.3. The second kappa shape index (κ2) is 9.44. The highest BCUT2D eigenvalue weighted by Gasteiger charge is 2.35. The van der Waals surface area contributed by atoms with Crippen molar-refractivity contribution in [3.05, 3.63) is 83.4 Å². The summed E-state index contributed by atoms with van der Waals surface area (Å²) in [7, 11) is 0. The van der Waals surface area contributed by atoms with E-state index < -0.39 is 0 Å². The number of likely N-dealkylation sites (tertiary alicyclic amines) is 1. The van der Waals surface area contributed by atoms with Crippen molar-refractivity contribution in [3.8, 4) is 0 Å². The third-order valence-corrected chi connectivity index (χ3v) is 5.35. The fourth-order valence-electron chi connectivity index (χ4n) is 3.89. The van der Waals surface area contributed by atoms with E-state index in [4.69, 9.17) is 9.15 Å². The molecule has 0 spiro atoms. The molecule has 156 valence electrons. The molecule has 2 aromatic rings. The third-order valence-electron chi connectivity index (χ3n) is 5.35. The molecule has 5 heteroatoms. The van der Waals surface area contributed by atoms with Crippen LogP contribution in [-0.4, -0.2) is 29.9 Å². The normalized spacial score (nSPS) is 18.8. The summed E-state index contributed by atoms with van der Waals surface area (Å²) < 4.78 is 11.1. The minimum Gasteiger partial charge on any atom is -0.451 e. The van der Waals surface area contributed by atoms with Gasteiger partial charge in [-0.05, 0) is 56.5 Å². The maximum Gasteiger partial charge on any atom is 0.298 e. The van der Waals surface area contributed by atoms with Gasteiger partial charge in [-0.3, -0.25) is 9.59 Å². The van der Waals surface area contributed by atoms with Gasteiger partial charge in [0.1, 0.15) is 11.3 Å². The number of aryl methyl sites for hydroxylation is 1. The summed E-state index contributed by atoms with van der Waals surface area (Å²) in [6, 6.07) is 7.40. The molecule has 1 aliphatic rings. The van der Waals surface area contributed by atoms with E-state index in [0.717, 1.165) is 28.5 Å². The molecule has 3 rings (SSSR count). The number of allylic oxidation sites excluding steroid dienone is 5. The number of furan rings is 1. The van der Waals surface area contributed by atoms with Crippen LogP contribution in [0.2, 0.25) is 0 Å². The zero-order valence-electron chi connectivity index (χ0n) is 17.7. The Hall–Kier alpha value is -3.34. The van der Waals surface area contributed by atoms with Crippen LogP contribution in [-0.2, 0) is 9.53 Å². The van der Waals surface area contributed by atoms with E-state index in [-0.39, 0.29) is 11.9 Å². The Morgan fingerprint density at radius 1 is 1.37 bits per heavy atom. The van der Waals surface area contributed by atoms with Gasteiger partial charge in [0.15, 0.2) is 5.76 Å². The minimum absolute atomic E-state index is 0.171. The van der Waals surface area contributed by atoms with Crippen LogP contribution in [0, 0.1) is 6.92 Å². The van der Waals surface area contributed by atoms with Gasteiger partial charge in [0, 0.05) is 18.4 Å². The summed E-state index contributed by atoms with van der Waals surface area (Å²) in [4.78, 5) is 26.2. The van der Waals surface area contributed by atoms with Crippen molar-refractivity contribution >= 4 is 23.3 Å². The van der Waals surface area contributed by atoms with Crippen LogP contribution in [0.1, 0.15) is 42.8 Å². The van der Waals surface area contributed by atoms with E-state index in [0.29, 0.717) is 36.5 Å². The van der Waals surface area contributed by atoms with Crippen molar-refractivity contribution in [2.45, 2.75) is 39.7 Å². The zero-order chi connectivity index (χ0) is 21.7. The maximum absolute atomic E-state index is 13.3. The van der Waals surface area contributed by atoms with E-state index in [1.54, 1.807) is 17.0 Å². The first-order chi connectivity index (χ1) is 14.5. The third kappa shape index (κ3) is 4.46. The fraction of sp³-hybridized carbons (Fsp3) is 0.280. The van der Waals surface area contributed by atoms with E-state index in [2.05, 4.69) is 6.58 Å². The van der Waals surface area contributed by atoms with Crippen molar-refractivity contribution in [3.63, 3.8) is 0 Å². The molecule has 1 fully saturated rings. The second-order valence-electron chi connectivity index (χ2n) is 7.42. The first-order valence-electron chi connectivity index (χ1n) is 10.0. The molecule has 30 heavy (non-hydrogen) atoms. The molecule has 1 saturated heterocycles. The van der Waals surface area contributed by atoms with Gasteiger partial charge >= 0.3 is 0 Å². The summed E-state index contributed by atoms with van der Waals surface area (Å²) in [6.07, 6.45) is 8.57. The molecule has 1 amide bonds. The van der Waals surface area contributed by atoms with Gasteiger partial charge in [-0.25, -0.2) is 0 Å². The van der Waals surface area contributed by atoms with Gasteiger partial charge in [-0.1, -0.05) is 42.5 Å². The fourth-order valence-corrected chi connectivity index (χ4v) is 3.89. The quantitative estimate of drug-likeness (QED) is 0.348. The molecule has 1 aliphatic heterocycles. The number of hydrogen-bond donors (Lipinski definition) is 0. The molecule has 5 nitrogen and oxygen atoms in total. The topological polar surface area (TPSA) is 59.8 Å². The molecule has 0 N–H and O–H groups in total. The van der Waals surface area contributed by atoms with Crippen molar-refractivity contribution in [2.75, 3.05) is 6.54 Å². The summed E-state index contributed by atoms with van der Waals surface area (Å²) >= 11 is 0. The number of carbonyl (C=O) groups excluding carboxylic acids is 2. The molecule has 1 aromatic heterocycles. The number of benzene rings is 1. The molecule has 0 radical (unpaired) electrons. The monoisotopic (exact) mass is 405 g/mol. The molecular formula is C25H27NO4. The van der Waals surface area contributed by atoms with Crippen LogP contribution in [0.15, 0.2) is 76.5 Å². The number of carbonyl (C=O) groups is 2. The molecule has 2 heterocycles. The van der Waals surface area contributed by atoms with Crippen LogP contribution < -0.4 is 0 Å². The Morgan fingerprint density at radius 3 is 2.87 bits per heavy atom. The van der Waals surface area contributed by atoms with Crippen LogP contribution >= 0.6 is 0 Å². The molecular weight excluding hydrogens is 378 g/mol. The average Bonchev–Trinajstić information content (AvgIpc) is 3.31. The van der Waals surface area contributed by atoms with E-state index in [9.17, 15) is 9.59 Å². The Labute approximate surface area is 177 Å². The van der Waals surface area contributed by atoms with Gasteiger partial charge in [0.05, 0.1) is 6.04 Å².